The summed E-state index contributed by atoms with van der Waals surface area (Å²) in [5, 5.41) is 10.3. The fraction of sp³-hybridized carbons (Fsp3) is 0.633. The van der Waals surface area contributed by atoms with Crippen molar-refractivity contribution in [3.63, 3.8) is 0 Å². The topological polar surface area (TPSA) is 84.8 Å². The molecule has 1 saturated carbocycles. The van der Waals surface area contributed by atoms with Crippen LogP contribution < -0.4 is 9.64 Å². The van der Waals surface area contributed by atoms with Crippen molar-refractivity contribution in [2.45, 2.75) is 97.2 Å². The van der Waals surface area contributed by atoms with Gasteiger partial charge in [-0.3, -0.25) is 9.97 Å². The largest absolute Gasteiger partial charge is 0.486 e. The zero-order chi connectivity index (χ0) is 28.4. The van der Waals surface area contributed by atoms with Crippen LogP contribution >= 0.6 is 0 Å². The number of carboxylic acid groups (broad SMARTS) is 1. The first-order chi connectivity index (χ1) is 18.3. The fourth-order valence-electron chi connectivity index (χ4n) is 5.78. The Morgan fingerprint density at radius 3 is 2.31 bits per heavy atom. The Balaban J connectivity index is 1.75. The molecular formula is C30H41F2N3O4. The maximum Gasteiger partial charge on any atom is 0.337 e. The molecule has 0 aromatic carbocycles. The van der Waals surface area contributed by atoms with Gasteiger partial charge in [-0.2, -0.15) is 0 Å². The van der Waals surface area contributed by atoms with Gasteiger partial charge in [0.1, 0.15) is 5.75 Å². The zero-order valence-electron chi connectivity index (χ0n) is 23.7. The van der Waals surface area contributed by atoms with E-state index in [1.165, 1.54) is 38.8 Å². The monoisotopic (exact) mass is 545 g/mol. The number of hydrogen-bond donors (Lipinski definition) is 1. The smallest absolute Gasteiger partial charge is 0.337 e. The number of alkyl halides is 2. The second-order valence-electron chi connectivity index (χ2n) is 12.0. The summed E-state index contributed by atoms with van der Waals surface area (Å²) in [5.74, 6) is -3.74. The molecule has 3 heterocycles. The van der Waals surface area contributed by atoms with Crippen LogP contribution in [-0.4, -0.2) is 52.3 Å². The van der Waals surface area contributed by atoms with Crippen LogP contribution in [0.3, 0.4) is 0 Å². The van der Waals surface area contributed by atoms with Crippen molar-refractivity contribution in [3.8, 4) is 17.0 Å². The van der Waals surface area contributed by atoms with Gasteiger partial charge in [-0.15, -0.1) is 0 Å². The third-order valence-electron chi connectivity index (χ3n) is 8.03. The molecule has 7 nitrogen and oxygen atoms in total. The molecule has 2 fully saturated rings. The summed E-state index contributed by atoms with van der Waals surface area (Å²) >= 11 is 0. The summed E-state index contributed by atoms with van der Waals surface area (Å²) in [6, 6.07) is 3.32. The maximum absolute atomic E-state index is 13.7. The predicted molar refractivity (Wildman–Crippen MR) is 147 cm³/mol. The maximum atomic E-state index is 13.7. The number of hydrogen-bond acceptors (Lipinski definition) is 6. The highest BCUT2D eigenvalue weighted by atomic mass is 19.3. The van der Waals surface area contributed by atoms with Gasteiger partial charge >= 0.3 is 5.97 Å². The van der Waals surface area contributed by atoms with Gasteiger partial charge in [-0.05, 0) is 70.9 Å². The number of aryl methyl sites for hydroxylation is 1. The molecule has 0 amide bonds. The van der Waals surface area contributed by atoms with Crippen molar-refractivity contribution in [3.05, 3.63) is 35.8 Å². The average molecular weight is 546 g/mol. The van der Waals surface area contributed by atoms with Crippen LogP contribution in [-0.2, 0) is 9.53 Å². The molecule has 1 aliphatic carbocycles. The second kappa shape index (κ2) is 11.4. The third-order valence-corrected chi connectivity index (χ3v) is 8.03. The van der Waals surface area contributed by atoms with E-state index < -0.39 is 30.2 Å². The van der Waals surface area contributed by atoms with Gasteiger partial charge in [-0.1, -0.05) is 19.8 Å². The number of pyridine rings is 2. The first-order valence-electron chi connectivity index (χ1n) is 14.0. The highest BCUT2D eigenvalue weighted by Crippen LogP contribution is 2.49. The summed E-state index contributed by atoms with van der Waals surface area (Å²) in [5.41, 5.74) is 2.82. The zero-order valence-corrected chi connectivity index (χ0v) is 23.7. The Morgan fingerprint density at radius 1 is 1.10 bits per heavy atom. The molecule has 1 saturated heterocycles. The number of aliphatic carboxylic acids is 1. The van der Waals surface area contributed by atoms with Crippen LogP contribution in [0.1, 0.15) is 90.0 Å². The van der Waals surface area contributed by atoms with Crippen LogP contribution in [0.2, 0.25) is 0 Å². The van der Waals surface area contributed by atoms with Gasteiger partial charge < -0.3 is 19.5 Å². The van der Waals surface area contributed by atoms with Gasteiger partial charge in [0.2, 0.25) is 0 Å². The first-order valence-corrected chi connectivity index (χ1v) is 14.0. The van der Waals surface area contributed by atoms with Crippen LogP contribution in [0.4, 0.5) is 14.5 Å². The summed E-state index contributed by atoms with van der Waals surface area (Å²) in [6.45, 7) is 9.62. The molecule has 9 heteroatoms. The van der Waals surface area contributed by atoms with Crippen molar-refractivity contribution in [2.75, 3.05) is 24.6 Å². The molecule has 1 aliphatic heterocycles. The van der Waals surface area contributed by atoms with E-state index in [-0.39, 0.29) is 12.2 Å². The Morgan fingerprint density at radius 2 is 1.77 bits per heavy atom. The number of carboxylic acids is 1. The van der Waals surface area contributed by atoms with Crippen molar-refractivity contribution in [1.82, 2.24) is 9.97 Å². The molecule has 0 bridgehead atoms. The number of nitrogens with zero attached hydrogens (tertiary/aromatic N) is 3. The summed E-state index contributed by atoms with van der Waals surface area (Å²) in [4.78, 5) is 23.9. The van der Waals surface area contributed by atoms with E-state index in [4.69, 9.17) is 9.47 Å². The van der Waals surface area contributed by atoms with Gasteiger partial charge in [0.05, 0.1) is 23.2 Å². The molecule has 2 aromatic heterocycles. The van der Waals surface area contributed by atoms with Crippen LogP contribution in [0.25, 0.3) is 11.3 Å². The lowest BCUT2D eigenvalue weighted by atomic mass is 9.76. The standard InChI is InChI=1S/C30H41F2N3O4/c1-6-30(31,32)19-38-21-9-10-23(34-17-21)22-18-33-20(2)24(26(27(36)37)39-28(3,4)5)25(22)35-15-13-29(14-16-35)11-7-8-12-29/h9-10,17-18,26H,6-8,11-16,19H2,1-5H3,(H,36,37)/t26-/m0/s1. The molecular weight excluding hydrogens is 504 g/mol. The Hall–Kier alpha value is -2.81. The minimum absolute atomic E-state index is 0.245. The van der Waals surface area contributed by atoms with E-state index in [0.717, 1.165) is 31.6 Å². The van der Waals surface area contributed by atoms with E-state index in [9.17, 15) is 18.7 Å². The molecule has 0 radical (unpaired) electrons. The molecule has 1 atom stereocenters. The molecule has 214 valence electrons. The number of ether oxygens (including phenoxy) is 2. The third kappa shape index (κ3) is 6.86. The minimum Gasteiger partial charge on any atom is -0.486 e. The number of rotatable bonds is 9. The molecule has 1 N–H and O–H groups in total. The van der Waals surface area contributed by atoms with Crippen LogP contribution in [0.5, 0.6) is 5.75 Å². The Bertz CT molecular complexity index is 1150. The highest BCUT2D eigenvalue weighted by Gasteiger charge is 2.40. The van der Waals surface area contributed by atoms with Crippen molar-refractivity contribution < 1.29 is 28.2 Å². The van der Waals surface area contributed by atoms with Gasteiger partial charge in [-0.25, -0.2) is 13.6 Å². The molecule has 2 aliphatic rings. The minimum atomic E-state index is -2.91. The first kappa shape index (κ1) is 29.2. The number of halogens is 2. The van der Waals surface area contributed by atoms with E-state index in [1.807, 2.05) is 27.7 Å². The molecule has 2 aromatic rings. The van der Waals surface area contributed by atoms with Gasteiger partial charge in [0.25, 0.3) is 5.92 Å². The molecule has 1 spiro atoms. The van der Waals surface area contributed by atoms with Gasteiger partial charge in [0, 0.05) is 42.5 Å². The highest BCUT2D eigenvalue weighted by molar-refractivity contribution is 5.85. The molecule has 39 heavy (non-hydrogen) atoms. The van der Waals surface area contributed by atoms with E-state index >= 15 is 0 Å². The van der Waals surface area contributed by atoms with Crippen molar-refractivity contribution in [1.29, 1.82) is 0 Å². The lowest BCUT2D eigenvalue weighted by molar-refractivity contribution is -0.160. The van der Waals surface area contributed by atoms with Crippen molar-refractivity contribution in [2.24, 2.45) is 5.41 Å². The van der Waals surface area contributed by atoms with Crippen molar-refractivity contribution >= 4 is 11.7 Å². The summed E-state index contributed by atoms with van der Waals surface area (Å²) < 4.78 is 38.7. The van der Waals surface area contributed by atoms with Crippen LogP contribution in [0, 0.1) is 12.3 Å². The average Bonchev–Trinajstić information content (AvgIpc) is 3.34. The molecule has 4 rings (SSSR count). The van der Waals surface area contributed by atoms with E-state index in [1.54, 1.807) is 18.3 Å². The van der Waals surface area contributed by atoms with E-state index in [2.05, 4.69) is 14.9 Å². The Labute approximate surface area is 229 Å². The molecule has 0 unspecified atom stereocenters. The van der Waals surface area contributed by atoms with Gasteiger partial charge in [0.15, 0.2) is 12.7 Å². The number of piperidine rings is 1. The predicted octanol–water partition coefficient (Wildman–Crippen LogP) is 6.98. The summed E-state index contributed by atoms with van der Waals surface area (Å²) in [6.07, 6.45) is 8.77. The lowest BCUT2D eigenvalue weighted by Gasteiger charge is -2.42. The number of carbonyl (C=O) groups is 1. The number of anilines is 1. The van der Waals surface area contributed by atoms with E-state index in [0.29, 0.717) is 27.9 Å². The second-order valence-corrected chi connectivity index (χ2v) is 12.0. The SMILES string of the molecule is CCC(F)(F)COc1ccc(-c2cnc(C)c([C@H](OC(C)(C)C)C(=O)O)c2N2CCC3(CCCC3)CC2)nc1. The lowest BCUT2D eigenvalue weighted by Crippen LogP contribution is -2.40. The summed E-state index contributed by atoms with van der Waals surface area (Å²) in [7, 11) is 0. The Kier molecular flexibility index (Phi) is 8.50. The number of aromatic nitrogens is 2. The van der Waals surface area contributed by atoms with Crippen LogP contribution in [0.15, 0.2) is 24.5 Å². The normalized spacial score (nSPS) is 18.4. The fourth-order valence-corrected chi connectivity index (χ4v) is 5.78. The quantitative estimate of drug-likeness (QED) is 0.364.